The summed E-state index contributed by atoms with van der Waals surface area (Å²) in [4.78, 5) is 28.7. The molecule has 0 N–H and O–H groups in total. The molecule has 0 spiro atoms. The van der Waals surface area contributed by atoms with Crippen LogP contribution >= 0.6 is 0 Å². The van der Waals surface area contributed by atoms with Gasteiger partial charge >= 0.3 is 5.82 Å². The van der Waals surface area contributed by atoms with Gasteiger partial charge in [0.2, 0.25) is 11.7 Å². The topological polar surface area (TPSA) is 81.3 Å². The molecule has 128 valence electrons. The maximum atomic E-state index is 12.9. The van der Waals surface area contributed by atoms with E-state index in [1.54, 1.807) is 11.8 Å². The summed E-state index contributed by atoms with van der Waals surface area (Å²) in [6.07, 6.45) is 1.30. The molecular weight excluding hydrogens is 308 g/mol. The number of hydrogen-bond acceptors (Lipinski definition) is 4. The molecular formula is C17H22N4O3. The molecule has 0 unspecified atom stereocenters. The first-order valence-corrected chi connectivity index (χ1v) is 7.78. The van der Waals surface area contributed by atoms with Gasteiger partial charge in [-0.05, 0) is 54.8 Å². The van der Waals surface area contributed by atoms with Crippen molar-refractivity contribution in [2.75, 3.05) is 4.90 Å². The molecule has 0 radical (unpaired) electrons. The smallest absolute Gasteiger partial charge is 0.358 e. The predicted molar refractivity (Wildman–Crippen MR) is 92.2 cm³/mol. The van der Waals surface area contributed by atoms with E-state index in [1.807, 2.05) is 45.9 Å². The lowest BCUT2D eigenvalue weighted by molar-refractivity contribution is -0.389. The van der Waals surface area contributed by atoms with Crippen molar-refractivity contribution in [3.8, 4) is 0 Å². The zero-order valence-corrected chi connectivity index (χ0v) is 14.6. The van der Waals surface area contributed by atoms with Crippen LogP contribution in [0, 0.1) is 30.9 Å². The van der Waals surface area contributed by atoms with Crippen molar-refractivity contribution >= 4 is 17.4 Å². The van der Waals surface area contributed by atoms with E-state index in [0.717, 1.165) is 16.8 Å². The third-order valence-electron chi connectivity index (χ3n) is 3.87. The van der Waals surface area contributed by atoms with Crippen LogP contribution in [0.1, 0.15) is 30.8 Å². The Hall–Kier alpha value is -2.70. The van der Waals surface area contributed by atoms with Gasteiger partial charge in [-0.1, -0.05) is 12.1 Å². The first-order valence-electron chi connectivity index (χ1n) is 7.78. The molecule has 24 heavy (non-hydrogen) atoms. The van der Waals surface area contributed by atoms with E-state index in [2.05, 4.69) is 4.98 Å². The van der Waals surface area contributed by atoms with Crippen molar-refractivity contribution in [1.82, 2.24) is 9.55 Å². The summed E-state index contributed by atoms with van der Waals surface area (Å²) in [5.41, 5.74) is 2.95. The van der Waals surface area contributed by atoms with Crippen LogP contribution in [0.3, 0.4) is 0 Å². The summed E-state index contributed by atoms with van der Waals surface area (Å²) in [7, 11) is 0. The molecule has 0 atom stereocenters. The number of benzene rings is 1. The zero-order chi connectivity index (χ0) is 18.0. The quantitative estimate of drug-likeness (QED) is 0.623. The largest absolute Gasteiger partial charge is 0.381 e. The van der Waals surface area contributed by atoms with Crippen molar-refractivity contribution in [1.29, 1.82) is 0 Å². The van der Waals surface area contributed by atoms with Crippen molar-refractivity contribution in [3.63, 3.8) is 0 Å². The molecule has 0 aliphatic heterocycles. The van der Waals surface area contributed by atoms with Crippen LogP contribution in [0.2, 0.25) is 0 Å². The maximum absolute atomic E-state index is 12.9. The third kappa shape index (κ3) is 3.61. The van der Waals surface area contributed by atoms with Gasteiger partial charge in [0.05, 0.1) is 0 Å². The van der Waals surface area contributed by atoms with Gasteiger partial charge in [-0.15, -0.1) is 0 Å². The fourth-order valence-corrected chi connectivity index (χ4v) is 2.64. The van der Waals surface area contributed by atoms with Gasteiger partial charge in [0.25, 0.3) is 0 Å². The third-order valence-corrected chi connectivity index (χ3v) is 3.87. The second-order valence-electron chi connectivity index (χ2n) is 6.18. The Labute approximate surface area is 141 Å². The van der Waals surface area contributed by atoms with Crippen LogP contribution in [-0.2, 0) is 11.3 Å². The summed E-state index contributed by atoms with van der Waals surface area (Å²) >= 11 is 0. The molecule has 7 heteroatoms. The number of carbonyl (C=O) groups is 1. The number of hydrogen-bond donors (Lipinski definition) is 0. The number of aromatic nitrogens is 2. The molecule has 2 rings (SSSR count). The molecule has 1 aromatic carbocycles. The maximum Gasteiger partial charge on any atom is 0.381 e. The number of nitrogens with zero attached hydrogens (tertiary/aromatic N) is 4. The molecule has 1 heterocycles. The molecule has 0 saturated heterocycles. The number of aryl methyl sites for hydroxylation is 3. The van der Waals surface area contributed by atoms with Crippen molar-refractivity contribution in [2.24, 2.45) is 0 Å². The molecule has 0 aliphatic rings. The predicted octanol–water partition coefficient (Wildman–Crippen LogP) is 3.16. The number of nitro groups is 1. The Kier molecular flexibility index (Phi) is 5.02. The average Bonchev–Trinajstić information content (AvgIpc) is 2.84. The molecule has 0 fully saturated rings. The van der Waals surface area contributed by atoms with E-state index < -0.39 is 4.92 Å². The lowest BCUT2D eigenvalue weighted by Crippen LogP contribution is -2.39. The second-order valence-corrected chi connectivity index (χ2v) is 6.18. The van der Waals surface area contributed by atoms with E-state index in [1.165, 1.54) is 10.8 Å². The Morgan fingerprint density at radius 1 is 1.33 bits per heavy atom. The SMILES string of the molecule is Cc1ccc(C)c(N(C(=O)Cn2cc([N+](=O)[O-])nc2C)C(C)C)c1. The summed E-state index contributed by atoms with van der Waals surface area (Å²) in [5, 5.41) is 10.8. The molecule has 1 amide bonds. The summed E-state index contributed by atoms with van der Waals surface area (Å²) < 4.78 is 1.51. The Balaban J connectivity index is 2.34. The minimum absolute atomic E-state index is 0.0121. The van der Waals surface area contributed by atoms with Crippen LogP contribution in [0.15, 0.2) is 24.4 Å². The second kappa shape index (κ2) is 6.82. The summed E-state index contributed by atoms with van der Waals surface area (Å²) in [6, 6.07) is 5.94. The molecule has 2 aromatic rings. The van der Waals surface area contributed by atoms with Crippen LogP contribution in [0.5, 0.6) is 0 Å². The van der Waals surface area contributed by atoms with E-state index in [9.17, 15) is 14.9 Å². The fourth-order valence-electron chi connectivity index (χ4n) is 2.64. The Bertz CT molecular complexity index is 780. The van der Waals surface area contributed by atoms with E-state index in [4.69, 9.17) is 0 Å². The molecule has 7 nitrogen and oxygen atoms in total. The van der Waals surface area contributed by atoms with Gasteiger partial charge < -0.3 is 15.0 Å². The monoisotopic (exact) mass is 330 g/mol. The van der Waals surface area contributed by atoms with E-state index in [0.29, 0.717) is 5.82 Å². The standard InChI is InChI=1S/C17H22N4O3/c1-11(2)20(15-8-12(3)6-7-13(15)4)17(22)10-19-9-16(21(23)24)18-14(19)5/h6-9,11H,10H2,1-5H3. The lowest BCUT2D eigenvalue weighted by atomic mass is 10.1. The van der Waals surface area contributed by atoms with Gasteiger partial charge in [-0.3, -0.25) is 9.36 Å². The van der Waals surface area contributed by atoms with Gasteiger partial charge in [-0.25, -0.2) is 0 Å². The number of carbonyl (C=O) groups excluding carboxylic acids is 1. The number of amides is 1. The minimum Gasteiger partial charge on any atom is -0.358 e. The van der Waals surface area contributed by atoms with Gasteiger partial charge in [0, 0.05) is 18.7 Å². The van der Waals surface area contributed by atoms with Crippen molar-refractivity contribution in [2.45, 2.75) is 47.2 Å². The van der Waals surface area contributed by atoms with E-state index in [-0.39, 0.29) is 24.3 Å². The van der Waals surface area contributed by atoms with Crippen LogP contribution < -0.4 is 4.90 Å². The molecule has 0 saturated carbocycles. The van der Waals surface area contributed by atoms with Gasteiger partial charge in [-0.2, -0.15) is 0 Å². The van der Waals surface area contributed by atoms with Crippen LogP contribution in [0.25, 0.3) is 0 Å². The van der Waals surface area contributed by atoms with E-state index >= 15 is 0 Å². The van der Waals surface area contributed by atoms with Crippen molar-refractivity contribution < 1.29 is 9.72 Å². The summed E-state index contributed by atoms with van der Waals surface area (Å²) in [6.45, 7) is 9.50. The average molecular weight is 330 g/mol. The highest BCUT2D eigenvalue weighted by molar-refractivity contribution is 5.94. The molecule has 0 bridgehead atoms. The van der Waals surface area contributed by atoms with Crippen LogP contribution in [-0.4, -0.2) is 26.4 Å². The number of rotatable bonds is 5. The fraction of sp³-hybridized carbons (Fsp3) is 0.412. The normalized spacial score (nSPS) is 10.9. The molecule has 0 aliphatic carbocycles. The Morgan fingerprint density at radius 2 is 2.00 bits per heavy atom. The first kappa shape index (κ1) is 17.7. The Morgan fingerprint density at radius 3 is 2.54 bits per heavy atom. The summed E-state index contributed by atoms with van der Waals surface area (Å²) in [5.74, 6) is 0.0666. The minimum atomic E-state index is -0.557. The highest BCUT2D eigenvalue weighted by atomic mass is 16.6. The van der Waals surface area contributed by atoms with Crippen LogP contribution in [0.4, 0.5) is 11.5 Å². The number of imidazole rings is 1. The van der Waals surface area contributed by atoms with Crippen molar-refractivity contribution in [3.05, 3.63) is 51.5 Å². The van der Waals surface area contributed by atoms with Gasteiger partial charge in [0.15, 0.2) is 0 Å². The zero-order valence-electron chi connectivity index (χ0n) is 14.6. The highest BCUT2D eigenvalue weighted by Crippen LogP contribution is 2.24. The number of anilines is 1. The first-order chi connectivity index (χ1) is 11.2. The lowest BCUT2D eigenvalue weighted by Gasteiger charge is -2.29. The highest BCUT2D eigenvalue weighted by Gasteiger charge is 2.24. The molecule has 1 aromatic heterocycles. The van der Waals surface area contributed by atoms with Gasteiger partial charge in [0.1, 0.15) is 12.7 Å².